The number of nitrogens with zero attached hydrogens (tertiary/aromatic N) is 1. The van der Waals surface area contributed by atoms with Crippen molar-refractivity contribution in [1.82, 2.24) is 4.90 Å². The van der Waals surface area contributed by atoms with Gasteiger partial charge in [-0.2, -0.15) is 0 Å². The highest BCUT2D eigenvalue weighted by Crippen LogP contribution is 2.29. The number of unbranched alkanes of at least 4 members (excludes halogenated alkanes) is 4. The number of hydrogen-bond donors (Lipinski definition) is 0. The van der Waals surface area contributed by atoms with E-state index >= 15 is 0 Å². The van der Waals surface area contributed by atoms with E-state index in [0.717, 1.165) is 26.1 Å². The van der Waals surface area contributed by atoms with E-state index in [9.17, 15) is 0 Å². The average molecular weight is 467 g/mol. The molecule has 0 N–H and O–H groups in total. The Hall–Kier alpha value is -2.66. The Bertz CT molecular complexity index is 945. The van der Waals surface area contributed by atoms with E-state index in [0.29, 0.717) is 0 Å². The maximum absolute atomic E-state index is 6.67. The molecule has 1 heterocycles. The van der Waals surface area contributed by atoms with Crippen molar-refractivity contribution in [3.05, 3.63) is 120 Å². The highest BCUT2D eigenvalue weighted by Gasteiger charge is 2.32. The second-order valence-electron chi connectivity index (χ2n) is 9.40. The fourth-order valence-corrected chi connectivity index (χ4v) is 4.65. The predicted molar refractivity (Wildman–Crippen MR) is 146 cm³/mol. The van der Waals surface area contributed by atoms with Crippen molar-refractivity contribution in [2.24, 2.45) is 0 Å². The first-order valence-electron chi connectivity index (χ1n) is 13.2. The average Bonchev–Trinajstić information content (AvgIpc) is 2.90. The van der Waals surface area contributed by atoms with Crippen molar-refractivity contribution in [2.45, 2.75) is 57.8 Å². The summed E-state index contributed by atoms with van der Waals surface area (Å²) >= 11 is 0. The van der Waals surface area contributed by atoms with Crippen LogP contribution in [0.2, 0.25) is 0 Å². The molecule has 1 fully saturated rings. The minimum atomic E-state index is -0.379. The molecule has 2 atom stereocenters. The van der Waals surface area contributed by atoms with Crippen LogP contribution in [0.25, 0.3) is 0 Å². The fraction of sp³-hybridized carbons (Fsp3) is 0.355. The Morgan fingerprint density at radius 2 is 1.29 bits per heavy atom. The fourth-order valence-electron chi connectivity index (χ4n) is 4.65. The van der Waals surface area contributed by atoms with Gasteiger partial charge in [0, 0.05) is 19.6 Å². The topological polar surface area (TPSA) is 21.7 Å². The molecule has 1 saturated heterocycles. The molecular formula is C31H38BNO2. The Morgan fingerprint density at radius 3 is 1.83 bits per heavy atom. The van der Waals surface area contributed by atoms with E-state index < -0.39 is 0 Å². The van der Waals surface area contributed by atoms with Gasteiger partial charge in [0.2, 0.25) is 0 Å². The maximum Gasteiger partial charge on any atom is 0.486 e. The van der Waals surface area contributed by atoms with E-state index in [-0.39, 0.29) is 19.3 Å². The third-order valence-electron chi connectivity index (χ3n) is 6.55. The van der Waals surface area contributed by atoms with E-state index in [2.05, 4.69) is 115 Å². The Balaban J connectivity index is 1.56. The van der Waals surface area contributed by atoms with Crippen molar-refractivity contribution in [1.29, 1.82) is 0 Å². The standard InChI is InChI=1S/C31H38BNO2/c1-2-3-4-5-6-16-23-32-34-30(28-19-12-8-13-20-28)25-33(24-27-17-10-7-11-18-27)26-31(35-32)29-21-14-9-15-22-29/h7-23,30-31H,2-6,24-26H2,1H3/b23-16+/t30-,31-/m0/s1. The molecule has 1 aliphatic rings. The molecule has 4 heteroatoms. The van der Waals surface area contributed by atoms with Crippen LogP contribution in [0.3, 0.4) is 0 Å². The number of rotatable bonds is 10. The summed E-state index contributed by atoms with van der Waals surface area (Å²) in [6, 6.07) is 31.8. The van der Waals surface area contributed by atoms with E-state index in [4.69, 9.17) is 9.31 Å². The van der Waals surface area contributed by atoms with Gasteiger partial charge >= 0.3 is 7.12 Å². The van der Waals surface area contributed by atoms with Crippen molar-refractivity contribution < 1.29 is 9.31 Å². The number of allylic oxidation sites excluding steroid dienone is 1. The third-order valence-corrected chi connectivity index (χ3v) is 6.55. The lowest BCUT2D eigenvalue weighted by Crippen LogP contribution is -2.41. The minimum absolute atomic E-state index is 0.0635. The van der Waals surface area contributed by atoms with E-state index in [1.165, 1.54) is 42.4 Å². The van der Waals surface area contributed by atoms with Gasteiger partial charge in [0.1, 0.15) is 0 Å². The Morgan fingerprint density at radius 1 is 0.743 bits per heavy atom. The summed E-state index contributed by atoms with van der Waals surface area (Å²) in [5.41, 5.74) is 3.68. The summed E-state index contributed by atoms with van der Waals surface area (Å²) in [5, 5.41) is 0. The van der Waals surface area contributed by atoms with Gasteiger partial charge in [-0.1, -0.05) is 129 Å². The summed E-state index contributed by atoms with van der Waals surface area (Å²) in [6.07, 6.45) is 8.23. The molecule has 0 unspecified atom stereocenters. The summed E-state index contributed by atoms with van der Waals surface area (Å²) in [5.74, 6) is 2.13. The van der Waals surface area contributed by atoms with Crippen molar-refractivity contribution in [2.75, 3.05) is 13.1 Å². The molecule has 0 amide bonds. The smallest absolute Gasteiger partial charge is 0.399 e. The lowest BCUT2D eigenvalue weighted by Gasteiger charge is -2.36. The van der Waals surface area contributed by atoms with Gasteiger partial charge in [0.05, 0.1) is 12.2 Å². The van der Waals surface area contributed by atoms with Crippen LogP contribution in [-0.2, 0) is 15.9 Å². The predicted octanol–water partition coefficient (Wildman–Crippen LogP) is 7.57. The monoisotopic (exact) mass is 467 g/mol. The number of benzene rings is 3. The molecule has 4 rings (SSSR count). The molecular weight excluding hydrogens is 429 g/mol. The van der Waals surface area contributed by atoms with Crippen LogP contribution in [0.1, 0.15) is 67.9 Å². The molecule has 0 aromatic heterocycles. The van der Waals surface area contributed by atoms with Gasteiger partial charge in [0.15, 0.2) is 0 Å². The van der Waals surface area contributed by atoms with Crippen LogP contribution in [-0.4, -0.2) is 25.1 Å². The van der Waals surface area contributed by atoms with Gasteiger partial charge in [-0.25, -0.2) is 0 Å². The first-order chi connectivity index (χ1) is 17.3. The first kappa shape index (κ1) is 25.4. The molecule has 0 aliphatic carbocycles. The molecule has 0 spiro atoms. The molecule has 182 valence electrons. The molecule has 3 aromatic rings. The number of hydrogen-bond acceptors (Lipinski definition) is 3. The van der Waals surface area contributed by atoms with Crippen molar-refractivity contribution in [3.63, 3.8) is 0 Å². The SMILES string of the molecule is CCCCCC/C=C/B1O[C@H](c2ccccc2)CN(Cc2ccccc2)C[C@@H](c2ccccc2)O1. The van der Waals surface area contributed by atoms with Crippen molar-refractivity contribution in [3.8, 4) is 0 Å². The summed E-state index contributed by atoms with van der Waals surface area (Å²) in [6.45, 7) is 4.73. The Labute approximate surface area is 211 Å². The Kier molecular flexibility index (Phi) is 10.2. The summed E-state index contributed by atoms with van der Waals surface area (Å²) in [7, 11) is -0.379. The molecule has 35 heavy (non-hydrogen) atoms. The summed E-state index contributed by atoms with van der Waals surface area (Å²) in [4.78, 5) is 2.47. The molecule has 3 aromatic carbocycles. The third kappa shape index (κ3) is 8.21. The van der Waals surface area contributed by atoms with Crippen LogP contribution < -0.4 is 0 Å². The van der Waals surface area contributed by atoms with E-state index in [1.54, 1.807) is 0 Å². The van der Waals surface area contributed by atoms with Gasteiger partial charge in [-0.15, -0.1) is 0 Å². The molecule has 0 saturated carbocycles. The quantitative estimate of drug-likeness (QED) is 0.227. The first-order valence-corrected chi connectivity index (χ1v) is 13.2. The molecule has 0 bridgehead atoms. The zero-order chi connectivity index (χ0) is 24.1. The lowest BCUT2D eigenvalue weighted by molar-refractivity contribution is 0.0218. The largest absolute Gasteiger partial charge is 0.486 e. The minimum Gasteiger partial charge on any atom is -0.399 e. The van der Waals surface area contributed by atoms with Gasteiger partial charge < -0.3 is 9.31 Å². The van der Waals surface area contributed by atoms with Crippen LogP contribution in [0, 0.1) is 0 Å². The van der Waals surface area contributed by atoms with E-state index in [1.807, 2.05) is 0 Å². The van der Waals surface area contributed by atoms with Gasteiger partial charge in [-0.3, -0.25) is 4.90 Å². The second kappa shape index (κ2) is 14.0. The zero-order valence-electron chi connectivity index (χ0n) is 21.0. The van der Waals surface area contributed by atoms with Crippen LogP contribution in [0.5, 0.6) is 0 Å². The molecule has 1 aliphatic heterocycles. The highest BCUT2D eigenvalue weighted by molar-refractivity contribution is 6.50. The molecule has 3 nitrogen and oxygen atoms in total. The van der Waals surface area contributed by atoms with Crippen LogP contribution >= 0.6 is 0 Å². The van der Waals surface area contributed by atoms with Gasteiger partial charge in [0.25, 0.3) is 0 Å². The van der Waals surface area contributed by atoms with Crippen LogP contribution in [0.15, 0.2) is 103 Å². The lowest BCUT2D eigenvalue weighted by atomic mass is 9.85. The summed E-state index contributed by atoms with van der Waals surface area (Å²) < 4.78 is 13.3. The van der Waals surface area contributed by atoms with Crippen LogP contribution in [0.4, 0.5) is 0 Å². The normalized spacial score (nSPS) is 19.5. The van der Waals surface area contributed by atoms with Crippen molar-refractivity contribution >= 4 is 7.12 Å². The zero-order valence-corrected chi connectivity index (χ0v) is 21.0. The van der Waals surface area contributed by atoms with Gasteiger partial charge in [-0.05, 0) is 29.5 Å². The highest BCUT2D eigenvalue weighted by atomic mass is 16.6. The maximum atomic E-state index is 6.67. The second-order valence-corrected chi connectivity index (χ2v) is 9.40. The molecule has 0 radical (unpaired) electrons.